The van der Waals surface area contributed by atoms with E-state index in [1.54, 1.807) is 29.2 Å². The Hall–Kier alpha value is -3.56. The summed E-state index contributed by atoms with van der Waals surface area (Å²) in [6, 6.07) is 12.7. The molecular formula is C23H21F3N4O4S. The quantitative estimate of drug-likeness (QED) is 0.495. The number of alkyl halides is 3. The number of aromatic nitrogens is 1. The third kappa shape index (κ3) is 5.11. The van der Waals surface area contributed by atoms with E-state index in [0.717, 1.165) is 22.5 Å². The molecule has 0 aliphatic carbocycles. The van der Waals surface area contributed by atoms with Crippen LogP contribution in [-0.2, 0) is 16.2 Å². The van der Waals surface area contributed by atoms with Gasteiger partial charge in [-0.15, -0.1) is 0 Å². The average molecular weight is 507 g/mol. The lowest BCUT2D eigenvalue weighted by molar-refractivity contribution is -0.137. The van der Waals surface area contributed by atoms with Crippen LogP contribution in [0.1, 0.15) is 18.2 Å². The van der Waals surface area contributed by atoms with Gasteiger partial charge in [0.2, 0.25) is 27.5 Å². The predicted octanol–water partition coefficient (Wildman–Crippen LogP) is 4.14. The van der Waals surface area contributed by atoms with Gasteiger partial charge in [0.25, 0.3) is 0 Å². The predicted molar refractivity (Wildman–Crippen MR) is 120 cm³/mol. The van der Waals surface area contributed by atoms with Crippen molar-refractivity contribution >= 4 is 15.9 Å². The Bertz CT molecular complexity index is 1340. The van der Waals surface area contributed by atoms with Gasteiger partial charge in [0.1, 0.15) is 11.8 Å². The highest BCUT2D eigenvalue weighted by atomic mass is 32.2. The molecule has 0 amide bonds. The summed E-state index contributed by atoms with van der Waals surface area (Å²) in [7, 11) is -4.13. The zero-order valence-electron chi connectivity index (χ0n) is 18.6. The van der Waals surface area contributed by atoms with Crippen LogP contribution in [0.3, 0.4) is 0 Å². The highest BCUT2D eigenvalue weighted by Gasteiger charge is 2.34. The fraction of sp³-hybridized carbons (Fsp3) is 0.304. The smallest absolute Gasteiger partial charge is 0.416 e. The highest BCUT2D eigenvalue weighted by Crippen LogP contribution is 2.33. The molecule has 2 aromatic carbocycles. The lowest BCUT2D eigenvalue weighted by Gasteiger charge is -2.33. The van der Waals surface area contributed by atoms with E-state index in [1.807, 2.05) is 13.0 Å². The van der Waals surface area contributed by atoms with Gasteiger partial charge in [-0.05, 0) is 49.4 Å². The molecule has 0 N–H and O–H groups in total. The van der Waals surface area contributed by atoms with Crippen molar-refractivity contribution in [1.82, 2.24) is 9.29 Å². The Balaban J connectivity index is 1.50. The molecule has 184 valence electrons. The molecular weight excluding hydrogens is 485 g/mol. The number of benzene rings is 2. The SMILES string of the molecule is CCOc1ccc(-c2nc(C#N)c(N3CCN(S(=O)(=O)c4cccc(C(F)(F)F)c4)CC3)o2)cc1. The van der Waals surface area contributed by atoms with E-state index in [9.17, 15) is 26.9 Å². The molecule has 8 nitrogen and oxygen atoms in total. The van der Waals surface area contributed by atoms with Gasteiger partial charge in [0.15, 0.2) is 0 Å². The standard InChI is InChI=1S/C23H21F3N4O4S/c1-2-33-18-8-6-16(7-9-18)21-28-20(15-27)22(34-21)29-10-12-30(13-11-29)35(31,32)19-5-3-4-17(14-19)23(24,25)26/h3-9,14H,2,10-13H2,1H3. The van der Waals surface area contributed by atoms with Crippen molar-refractivity contribution < 1.29 is 30.7 Å². The number of hydrogen-bond acceptors (Lipinski definition) is 7. The molecule has 1 fully saturated rings. The summed E-state index contributed by atoms with van der Waals surface area (Å²) in [5, 5.41) is 9.53. The second-order valence-corrected chi connectivity index (χ2v) is 9.60. The fourth-order valence-corrected chi connectivity index (χ4v) is 5.17. The number of nitrogens with zero attached hydrogens (tertiary/aromatic N) is 4. The van der Waals surface area contributed by atoms with Gasteiger partial charge < -0.3 is 14.1 Å². The molecule has 1 saturated heterocycles. The fourth-order valence-electron chi connectivity index (χ4n) is 3.70. The van der Waals surface area contributed by atoms with Gasteiger partial charge in [-0.25, -0.2) is 8.42 Å². The zero-order valence-corrected chi connectivity index (χ0v) is 19.4. The summed E-state index contributed by atoms with van der Waals surface area (Å²) in [4.78, 5) is 5.52. The van der Waals surface area contributed by atoms with E-state index in [2.05, 4.69) is 4.98 Å². The average Bonchev–Trinajstić information content (AvgIpc) is 3.29. The number of ether oxygens (including phenoxy) is 1. The summed E-state index contributed by atoms with van der Waals surface area (Å²) in [5.74, 6) is 1.13. The first-order valence-electron chi connectivity index (χ1n) is 10.7. The van der Waals surface area contributed by atoms with Gasteiger partial charge in [-0.1, -0.05) is 6.07 Å². The van der Waals surface area contributed by atoms with Gasteiger partial charge in [0, 0.05) is 31.7 Å². The molecule has 12 heteroatoms. The van der Waals surface area contributed by atoms with Crippen molar-refractivity contribution in [3.63, 3.8) is 0 Å². The molecule has 4 rings (SSSR count). The van der Waals surface area contributed by atoms with Crippen molar-refractivity contribution in [1.29, 1.82) is 5.26 Å². The van der Waals surface area contributed by atoms with Crippen molar-refractivity contribution in [2.45, 2.75) is 18.0 Å². The van der Waals surface area contributed by atoms with Gasteiger partial charge in [0.05, 0.1) is 17.1 Å². The number of halogens is 3. The number of oxazole rings is 1. The maximum Gasteiger partial charge on any atom is 0.416 e. The van der Waals surface area contributed by atoms with Gasteiger partial charge in [-0.2, -0.15) is 27.7 Å². The van der Waals surface area contributed by atoms with Crippen LogP contribution < -0.4 is 9.64 Å². The second kappa shape index (κ2) is 9.59. The van der Waals surface area contributed by atoms with E-state index in [4.69, 9.17) is 9.15 Å². The summed E-state index contributed by atoms with van der Waals surface area (Å²) in [6.07, 6.45) is -4.65. The lowest BCUT2D eigenvalue weighted by Crippen LogP contribution is -2.48. The first kappa shape index (κ1) is 24.6. The van der Waals surface area contributed by atoms with Crippen LogP contribution in [0.25, 0.3) is 11.5 Å². The van der Waals surface area contributed by atoms with Gasteiger partial charge >= 0.3 is 6.18 Å². The monoisotopic (exact) mass is 506 g/mol. The Morgan fingerprint density at radius 2 is 1.80 bits per heavy atom. The molecule has 0 bridgehead atoms. The Morgan fingerprint density at radius 1 is 1.11 bits per heavy atom. The molecule has 0 unspecified atom stereocenters. The third-order valence-corrected chi connectivity index (χ3v) is 7.35. The van der Waals surface area contributed by atoms with E-state index in [0.29, 0.717) is 24.0 Å². The van der Waals surface area contributed by atoms with Crippen LogP contribution >= 0.6 is 0 Å². The van der Waals surface area contributed by atoms with E-state index in [-0.39, 0.29) is 43.6 Å². The largest absolute Gasteiger partial charge is 0.494 e. The molecule has 35 heavy (non-hydrogen) atoms. The van der Waals surface area contributed by atoms with Crippen molar-refractivity contribution in [2.75, 3.05) is 37.7 Å². The highest BCUT2D eigenvalue weighted by molar-refractivity contribution is 7.89. The van der Waals surface area contributed by atoms with Crippen LogP contribution in [0.15, 0.2) is 57.8 Å². The molecule has 3 aromatic rings. The maximum atomic E-state index is 13.0. The molecule has 0 radical (unpaired) electrons. The Morgan fingerprint density at radius 3 is 2.40 bits per heavy atom. The second-order valence-electron chi connectivity index (χ2n) is 7.66. The topological polar surface area (TPSA) is 99.7 Å². The van der Waals surface area contributed by atoms with Crippen LogP contribution in [0.4, 0.5) is 19.1 Å². The summed E-state index contributed by atoms with van der Waals surface area (Å²) >= 11 is 0. The number of piperazine rings is 1. The summed E-state index contributed by atoms with van der Waals surface area (Å²) in [5.41, 5.74) is -0.329. The van der Waals surface area contributed by atoms with E-state index < -0.39 is 26.7 Å². The first-order valence-corrected chi connectivity index (χ1v) is 12.1. The maximum absolute atomic E-state index is 13.0. The van der Waals surface area contributed by atoms with Crippen LogP contribution in [-0.4, -0.2) is 50.5 Å². The molecule has 2 heterocycles. The molecule has 1 aromatic heterocycles. The molecule has 1 aliphatic heterocycles. The lowest BCUT2D eigenvalue weighted by atomic mass is 10.2. The summed E-state index contributed by atoms with van der Waals surface area (Å²) in [6.45, 7) is 2.75. The Labute approximate surface area is 200 Å². The molecule has 1 aliphatic rings. The number of anilines is 1. The van der Waals surface area contributed by atoms with Crippen LogP contribution in [0, 0.1) is 11.3 Å². The number of nitriles is 1. The normalized spacial score (nSPS) is 15.1. The Kier molecular flexibility index (Phi) is 6.73. The third-order valence-electron chi connectivity index (χ3n) is 5.45. The van der Waals surface area contributed by atoms with Crippen molar-refractivity contribution in [2.24, 2.45) is 0 Å². The zero-order chi connectivity index (χ0) is 25.2. The minimum atomic E-state index is -4.65. The van der Waals surface area contributed by atoms with Crippen LogP contribution in [0.5, 0.6) is 5.75 Å². The first-order chi connectivity index (χ1) is 16.6. The number of rotatable bonds is 6. The minimum Gasteiger partial charge on any atom is -0.494 e. The minimum absolute atomic E-state index is 0.00251. The van der Waals surface area contributed by atoms with Crippen molar-refractivity contribution in [3.8, 4) is 23.3 Å². The number of sulfonamides is 1. The van der Waals surface area contributed by atoms with E-state index in [1.165, 1.54) is 0 Å². The van der Waals surface area contributed by atoms with Gasteiger partial charge in [-0.3, -0.25) is 0 Å². The molecule has 0 saturated carbocycles. The molecule has 0 spiro atoms. The van der Waals surface area contributed by atoms with E-state index >= 15 is 0 Å². The number of hydrogen-bond donors (Lipinski definition) is 0. The van der Waals surface area contributed by atoms with Crippen LogP contribution in [0.2, 0.25) is 0 Å². The van der Waals surface area contributed by atoms with Crippen molar-refractivity contribution in [3.05, 3.63) is 59.8 Å². The molecule has 0 atom stereocenters. The summed E-state index contributed by atoms with van der Waals surface area (Å²) < 4.78 is 77.3.